The van der Waals surface area contributed by atoms with Crippen molar-refractivity contribution >= 4 is 5.78 Å². The van der Waals surface area contributed by atoms with Crippen molar-refractivity contribution in [2.45, 2.75) is 119 Å². The summed E-state index contributed by atoms with van der Waals surface area (Å²) in [6, 6.07) is 0. The van der Waals surface area contributed by atoms with Crippen LogP contribution in [-0.2, 0) is 4.79 Å². The van der Waals surface area contributed by atoms with Crippen LogP contribution in [-0.4, -0.2) is 5.78 Å². The lowest BCUT2D eigenvalue weighted by Gasteiger charge is -2.25. The highest BCUT2D eigenvalue weighted by Crippen LogP contribution is 2.29. The van der Waals surface area contributed by atoms with Gasteiger partial charge in [-0.15, -0.1) is 0 Å². The lowest BCUT2D eigenvalue weighted by Crippen LogP contribution is -2.26. The second kappa shape index (κ2) is 15.0. The van der Waals surface area contributed by atoms with E-state index in [1.54, 1.807) is 0 Å². The molecule has 0 bridgehead atoms. The lowest BCUT2D eigenvalue weighted by molar-refractivity contribution is -0.128. The zero-order valence-electron chi connectivity index (χ0n) is 17.7. The number of hydrogen-bond donors (Lipinski definition) is 0. The number of carbonyl (C=O) groups excluding carboxylic acids is 1. The molecule has 0 heterocycles. The summed E-state index contributed by atoms with van der Waals surface area (Å²) in [4.78, 5) is 13.2. The minimum absolute atomic E-state index is 0.316. The van der Waals surface area contributed by atoms with Crippen LogP contribution in [0.2, 0.25) is 0 Å². The summed E-state index contributed by atoms with van der Waals surface area (Å²) in [6.45, 7) is 13.6. The normalized spacial score (nSPS) is 14.3. The van der Waals surface area contributed by atoms with Crippen molar-refractivity contribution in [1.82, 2.24) is 0 Å². The molecule has 0 aromatic heterocycles. The molecular formula is C23H46O. The van der Waals surface area contributed by atoms with Gasteiger partial charge in [-0.25, -0.2) is 0 Å². The monoisotopic (exact) mass is 338 g/mol. The summed E-state index contributed by atoms with van der Waals surface area (Å²) < 4.78 is 0. The smallest absolute Gasteiger partial charge is 0.139 e. The Bertz CT molecular complexity index is 264. The lowest BCUT2D eigenvalue weighted by atomic mass is 9.78. The standard InChI is InChI=1S/C23H46O/c1-7-9-11-13-15-21(17-19(3)4)23(24)22(18-20(5)6)16-14-12-10-8-2/h19-22H,7-18H2,1-6H3. The van der Waals surface area contributed by atoms with Gasteiger partial charge in [0.1, 0.15) is 5.78 Å². The third-order valence-corrected chi connectivity index (χ3v) is 5.13. The van der Waals surface area contributed by atoms with Crippen LogP contribution in [0.1, 0.15) is 119 Å². The molecule has 144 valence electrons. The molecule has 0 aliphatic heterocycles. The molecule has 0 rings (SSSR count). The van der Waals surface area contributed by atoms with E-state index < -0.39 is 0 Å². The number of Topliss-reactive ketones (excluding diaryl/α,β-unsaturated/α-hetero) is 1. The first-order chi connectivity index (χ1) is 11.4. The average Bonchev–Trinajstić information content (AvgIpc) is 2.52. The van der Waals surface area contributed by atoms with Crippen molar-refractivity contribution in [1.29, 1.82) is 0 Å². The highest BCUT2D eigenvalue weighted by Gasteiger charge is 2.27. The van der Waals surface area contributed by atoms with Crippen molar-refractivity contribution in [3.63, 3.8) is 0 Å². The molecule has 0 saturated carbocycles. The van der Waals surface area contributed by atoms with Gasteiger partial charge < -0.3 is 0 Å². The summed E-state index contributed by atoms with van der Waals surface area (Å²) in [5, 5.41) is 0. The first-order valence-corrected chi connectivity index (χ1v) is 11.0. The molecule has 1 nitrogen and oxygen atoms in total. The molecular weight excluding hydrogens is 292 g/mol. The zero-order valence-corrected chi connectivity index (χ0v) is 17.7. The Hall–Kier alpha value is -0.330. The maximum Gasteiger partial charge on any atom is 0.139 e. The van der Waals surface area contributed by atoms with Gasteiger partial charge in [-0.1, -0.05) is 92.9 Å². The fourth-order valence-electron chi connectivity index (χ4n) is 3.86. The van der Waals surface area contributed by atoms with Crippen LogP contribution in [0.25, 0.3) is 0 Å². The molecule has 0 spiro atoms. The first kappa shape index (κ1) is 23.7. The topological polar surface area (TPSA) is 17.1 Å². The minimum atomic E-state index is 0.316. The van der Waals surface area contributed by atoms with Crippen LogP contribution in [0.3, 0.4) is 0 Å². The quantitative estimate of drug-likeness (QED) is 0.262. The molecule has 1 heteroatoms. The van der Waals surface area contributed by atoms with Crippen LogP contribution < -0.4 is 0 Å². The van der Waals surface area contributed by atoms with Gasteiger partial charge in [0.15, 0.2) is 0 Å². The first-order valence-electron chi connectivity index (χ1n) is 11.0. The SMILES string of the molecule is CCCCCCC(CC(C)C)C(=O)C(CCCCCC)CC(C)C. The Morgan fingerprint density at radius 1 is 0.625 bits per heavy atom. The average molecular weight is 339 g/mol. The predicted octanol–water partition coefficient (Wildman–Crippen LogP) is 7.82. The summed E-state index contributed by atoms with van der Waals surface area (Å²) in [7, 11) is 0. The second-order valence-electron chi connectivity index (χ2n) is 8.75. The van der Waals surface area contributed by atoms with Gasteiger partial charge in [-0.05, 0) is 37.5 Å². The van der Waals surface area contributed by atoms with Crippen LogP contribution >= 0.6 is 0 Å². The van der Waals surface area contributed by atoms with E-state index >= 15 is 0 Å². The largest absolute Gasteiger partial charge is 0.299 e. The molecule has 2 unspecified atom stereocenters. The summed E-state index contributed by atoms with van der Waals surface area (Å²) in [5.41, 5.74) is 0. The number of carbonyl (C=O) groups is 1. The molecule has 0 amide bonds. The fraction of sp³-hybridized carbons (Fsp3) is 0.957. The molecule has 24 heavy (non-hydrogen) atoms. The van der Waals surface area contributed by atoms with Crippen molar-refractivity contribution in [2.24, 2.45) is 23.7 Å². The molecule has 0 radical (unpaired) electrons. The van der Waals surface area contributed by atoms with Gasteiger partial charge in [-0.2, -0.15) is 0 Å². The zero-order chi connectivity index (χ0) is 18.4. The summed E-state index contributed by atoms with van der Waals surface area (Å²) >= 11 is 0. The molecule has 0 aliphatic carbocycles. The van der Waals surface area contributed by atoms with Crippen LogP contribution in [0.5, 0.6) is 0 Å². The van der Waals surface area contributed by atoms with Crippen LogP contribution in [0, 0.1) is 23.7 Å². The highest BCUT2D eigenvalue weighted by molar-refractivity contribution is 5.83. The van der Waals surface area contributed by atoms with Crippen LogP contribution in [0.15, 0.2) is 0 Å². The van der Waals surface area contributed by atoms with Crippen LogP contribution in [0.4, 0.5) is 0 Å². The Morgan fingerprint density at radius 3 is 1.29 bits per heavy atom. The Labute approximate surface area is 153 Å². The van der Waals surface area contributed by atoms with Gasteiger partial charge in [0, 0.05) is 11.8 Å². The fourth-order valence-corrected chi connectivity index (χ4v) is 3.86. The third kappa shape index (κ3) is 12.1. The van der Waals surface area contributed by atoms with E-state index in [-0.39, 0.29) is 0 Å². The van der Waals surface area contributed by atoms with Gasteiger partial charge in [0.2, 0.25) is 0 Å². The van der Waals surface area contributed by atoms with E-state index in [2.05, 4.69) is 41.5 Å². The molecule has 0 aliphatic rings. The molecule has 0 aromatic carbocycles. The van der Waals surface area contributed by atoms with E-state index in [0.29, 0.717) is 29.5 Å². The minimum Gasteiger partial charge on any atom is -0.299 e. The van der Waals surface area contributed by atoms with Gasteiger partial charge >= 0.3 is 0 Å². The van der Waals surface area contributed by atoms with Crippen molar-refractivity contribution in [3.8, 4) is 0 Å². The Morgan fingerprint density at radius 2 is 1.00 bits per heavy atom. The second-order valence-corrected chi connectivity index (χ2v) is 8.75. The van der Waals surface area contributed by atoms with Crippen molar-refractivity contribution in [2.75, 3.05) is 0 Å². The molecule has 0 aromatic rings. The van der Waals surface area contributed by atoms with E-state index in [4.69, 9.17) is 0 Å². The predicted molar refractivity (Wildman–Crippen MR) is 108 cm³/mol. The third-order valence-electron chi connectivity index (χ3n) is 5.13. The van der Waals surface area contributed by atoms with E-state index in [0.717, 1.165) is 25.7 Å². The number of rotatable bonds is 16. The van der Waals surface area contributed by atoms with Crippen molar-refractivity contribution < 1.29 is 4.79 Å². The van der Waals surface area contributed by atoms with Gasteiger partial charge in [0.25, 0.3) is 0 Å². The molecule has 0 N–H and O–H groups in total. The Balaban J connectivity index is 4.69. The van der Waals surface area contributed by atoms with E-state index in [1.165, 1.54) is 51.4 Å². The highest BCUT2D eigenvalue weighted by atomic mass is 16.1. The molecule has 0 saturated heterocycles. The maximum atomic E-state index is 13.2. The van der Waals surface area contributed by atoms with Crippen molar-refractivity contribution in [3.05, 3.63) is 0 Å². The van der Waals surface area contributed by atoms with Gasteiger partial charge in [-0.3, -0.25) is 4.79 Å². The van der Waals surface area contributed by atoms with E-state index in [9.17, 15) is 4.79 Å². The summed E-state index contributed by atoms with van der Waals surface area (Å²) in [5.74, 6) is 2.49. The maximum absolute atomic E-state index is 13.2. The Kier molecular flexibility index (Phi) is 14.8. The molecule has 2 atom stereocenters. The number of unbranched alkanes of at least 4 members (excludes halogenated alkanes) is 6. The number of hydrogen-bond acceptors (Lipinski definition) is 1. The van der Waals surface area contributed by atoms with Gasteiger partial charge in [0.05, 0.1) is 0 Å². The summed E-state index contributed by atoms with van der Waals surface area (Å²) in [6.07, 6.45) is 14.7. The molecule has 0 fully saturated rings. The number of ketones is 1. The van der Waals surface area contributed by atoms with E-state index in [1.807, 2.05) is 0 Å².